The normalized spacial score (nSPS) is 21.1. The Hall–Kier alpha value is -2.25. The lowest BCUT2D eigenvalue weighted by Gasteiger charge is -2.28. The lowest BCUT2D eigenvalue weighted by molar-refractivity contribution is -0.873. The quantitative estimate of drug-likeness (QED) is 0.113. The predicted octanol–water partition coefficient (Wildman–Crippen LogP) is 4.21. The number of likely N-dealkylation sites (N-methyl/N-ethyl adjacent to an activating group) is 1. The molecule has 0 aromatic rings. The number of quaternary nitrogens is 1. The summed E-state index contributed by atoms with van der Waals surface area (Å²) in [7, 11) is 5.77. The van der Waals surface area contributed by atoms with E-state index in [9.17, 15) is 19.5 Å². The van der Waals surface area contributed by atoms with E-state index in [0.29, 0.717) is 35.9 Å². The van der Waals surface area contributed by atoms with E-state index in [2.05, 4.69) is 13.0 Å². The van der Waals surface area contributed by atoms with Crippen LogP contribution in [0.15, 0.2) is 36.0 Å². The summed E-state index contributed by atoms with van der Waals surface area (Å²) in [5.41, 5.74) is 0.689. The summed E-state index contributed by atoms with van der Waals surface area (Å²) in [5.74, 6) is -1.55. The van der Waals surface area contributed by atoms with Crippen LogP contribution in [0.4, 0.5) is 0 Å². The summed E-state index contributed by atoms with van der Waals surface area (Å²) < 4.78 is 5.90. The maximum atomic E-state index is 12.2. The lowest BCUT2D eigenvalue weighted by Crippen LogP contribution is -2.43. The number of unbranched alkanes of at least 4 members (excludes halogenated alkanes) is 4. The molecule has 0 bridgehead atoms. The largest absolute Gasteiger partial charge is 0.481 e. The van der Waals surface area contributed by atoms with Gasteiger partial charge in [-0.05, 0) is 32.1 Å². The smallest absolute Gasteiger partial charge is 0.307 e. The molecule has 34 heavy (non-hydrogen) atoms. The standard InChI is InChI=1S/C27H43NO6/c1-5-6-7-8-9-12-15-22-23(25(30)19-24(22)29)16-13-10-11-14-17-27(33)34-21(18-26(31)32)20-28(2,3)4/h9-10,12-13,15,21,23,25,30H,5-8,11,14,16-20H2,1-4H3/p+1/b12-9+,13-10+,22-15-. The van der Waals surface area contributed by atoms with Gasteiger partial charge in [0.25, 0.3) is 0 Å². The van der Waals surface area contributed by atoms with Crippen LogP contribution in [0, 0.1) is 5.92 Å². The van der Waals surface area contributed by atoms with Gasteiger partial charge in [0.15, 0.2) is 11.9 Å². The number of ether oxygens (including phenoxy) is 1. The number of aliphatic hydroxyl groups is 1. The van der Waals surface area contributed by atoms with Crippen molar-refractivity contribution in [3.05, 3.63) is 36.0 Å². The minimum absolute atomic E-state index is 0.0108. The maximum Gasteiger partial charge on any atom is 0.307 e. The molecule has 7 heteroatoms. The lowest BCUT2D eigenvalue weighted by atomic mass is 9.96. The molecule has 2 N–H and O–H groups in total. The van der Waals surface area contributed by atoms with Gasteiger partial charge in [-0.1, -0.05) is 50.1 Å². The second-order valence-corrected chi connectivity index (χ2v) is 10.1. The number of carboxylic acid groups (broad SMARTS) is 1. The number of allylic oxidation sites excluding steroid dienone is 5. The number of nitrogens with zero attached hydrogens (tertiary/aromatic N) is 1. The molecule has 1 aliphatic carbocycles. The van der Waals surface area contributed by atoms with Gasteiger partial charge in [0.2, 0.25) is 0 Å². The fraction of sp³-hybridized carbons (Fsp3) is 0.667. The zero-order valence-electron chi connectivity index (χ0n) is 21.4. The minimum atomic E-state index is -0.984. The van der Waals surface area contributed by atoms with Gasteiger partial charge in [0, 0.05) is 24.3 Å². The Balaban J connectivity index is 2.45. The Bertz CT molecular complexity index is 747. The molecule has 1 fully saturated rings. The highest BCUT2D eigenvalue weighted by Crippen LogP contribution is 2.32. The number of aliphatic carboxylic acids is 1. The van der Waals surface area contributed by atoms with Crippen LogP contribution < -0.4 is 0 Å². The Kier molecular flexibility index (Phi) is 13.7. The highest BCUT2D eigenvalue weighted by Gasteiger charge is 2.35. The van der Waals surface area contributed by atoms with Crippen molar-refractivity contribution in [2.45, 2.75) is 83.3 Å². The molecule has 7 nitrogen and oxygen atoms in total. The van der Waals surface area contributed by atoms with Crippen molar-refractivity contribution < 1.29 is 33.8 Å². The van der Waals surface area contributed by atoms with Crippen LogP contribution in [0.25, 0.3) is 0 Å². The Labute approximate surface area is 204 Å². The van der Waals surface area contributed by atoms with Crippen molar-refractivity contribution in [3.63, 3.8) is 0 Å². The highest BCUT2D eigenvalue weighted by atomic mass is 16.5. The van der Waals surface area contributed by atoms with Gasteiger partial charge in [-0.2, -0.15) is 0 Å². The van der Waals surface area contributed by atoms with E-state index in [-0.39, 0.29) is 36.9 Å². The van der Waals surface area contributed by atoms with Crippen molar-refractivity contribution in [1.29, 1.82) is 0 Å². The molecule has 1 rings (SSSR count). The molecule has 1 saturated carbocycles. The molecule has 0 radical (unpaired) electrons. The number of hydrogen-bond donors (Lipinski definition) is 2. The van der Waals surface area contributed by atoms with E-state index in [0.717, 1.165) is 12.8 Å². The van der Waals surface area contributed by atoms with Crippen LogP contribution in [0.1, 0.15) is 71.1 Å². The number of rotatable bonds is 16. The first-order valence-electron chi connectivity index (χ1n) is 12.5. The number of Topliss-reactive ketones (excluding diaryl/α,β-unsaturated/α-hetero) is 1. The molecule has 3 atom stereocenters. The average molecular weight is 479 g/mol. The average Bonchev–Trinajstić information content (AvgIpc) is 2.98. The molecular formula is C27H44NO6+. The van der Waals surface area contributed by atoms with Gasteiger partial charge in [0.05, 0.1) is 33.7 Å². The van der Waals surface area contributed by atoms with Gasteiger partial charge < -0.3 is 19.4 Å². The summed E-state index contributed by atoms with van der Waals surface area (Å²) in [5, 5.41) is 19.3. The molecular weight excluding hydrogens is 434 g/mol. The second kappa shape index (κ2) is 15.6. The van der Waals surface area contributed by atoms with Crippen molar-refractivity contribution in [2.24, 2.45) is 5.92 Å². The minimum Gasteiger partial charge on any atom is -0.481 e. The number of carboxylic acids is 1. The molecule has 192 valence electrons. The Morgan fingerprint density at radius 2 is 1.82 bits per heavy atom. The molecule has 0 aromatic heterocycles. The third-order valence-electron chi connectivity index (χ3n) is 5.73. The zero-order chi connectivity index (χ0) is 25.6. The summed E-state index contributed by atoms with van der Waals surface area (Å²) in [4.78, 5) is 35.4. The number of carbonyl (C=O) groups excluding carboxylic acids is 2. The van der Waals surface area contributed by atoms with Crippen LogP contribution in [-0.4, -0.2) is 72.3 Å². The fourth-order valence-corrected chi connectivity index (χ4v) is 4.06. The Morgan fingerprint density at radius 1 is 1.12 bits per heavy atom. The van der Waals surface area contributed by atoms with Gasteiger partial charge in [0.1, 0.15) is 6.54 Å². The van der Waals surface area contributed by atoms with Gasteiger partial charge in [-0.15, -0.1) is 0 Å². The van der Waals surface area contributed by atoms with Crippen LogP contribution in [0.5, 0.6) is 0 Å². The molecule has 0 heterocycles. The molecule has 0 aromatic carbocycles. The summed E-state index contributed by atoms with van der Waals surface area (Å²) >= 11 is 0. The first-order valence-corrected chi connectivity index (χ1v) is 12.5. The number of esters is 1. The third-order valence-corrected chi connectivity index (χ3v) is 5.73. The van der Waals surface area contributed by atoms with Crippen LogP contribution >= 0.6 is 0 Å². The number of hydrogen-bond acceptors (Lipinski definition) is 5. The molecule has 0 spiro atoms. The summed E-state index contributed by atoms with van der Waals surface area (Å²) in [6.07, 6.45) is 15.0. The van der Waals surface area contributed by atoms with Crippen LogP contribution in [0.2, 0.25) is 0 Å². The highest BCUT2D eigenvalue weighted by molar-refractivity contribution is 5.99. The first-order chi connectivity index (χ1) is 16.0. The van der Waals surface area contributed by atoms with Crippen LogP contribution in [0.3, 0.4) is 0 Å². The summed E-state index contributed by atoms with van der Waals surface area (Å²) in [6.45, 7) is 2.60. The SMILES string of the molecule is CCCCC/C=C/C=C1\C(=O)CC(O)C1C/C=C/CCCC(=O)OC(CC(=O)O)C[N+](C)(C)C. The predicted molar refractivity (Wildman–Crippen MR) is 133 cm³/mol. The van der Waals surface area contributed by atoms with E-state index >= 15 is 0 Å². The number of carbonyl (C=O) groups is 3. The van der Waals surface area contributed by atoms with E-state index in [1.165, 1.54) is 12.8 Å². The maximum absolute atomic E-state index is 12.2. The van der Waals surface area contributed by atoms with E-state index in [4.69, 9.17) is 9.84 Å². The monoisotopic (exact) mass is 478 g/mol. The summed E-state index contributed by atoms with van der Waals surface area (Å²) in [6, 6.07) is 0. The first kappa shape index (κ1) is 29.8. The third kappa shape index (κ3) is 12.8. The molecule has 0 amide bonds. The van der Waals surface area contributed by atoms with Crippen molar-refractivity contribution in [2.75, 3.05) is 27.7 Å². The van der Waals surface area contributed by atoms with E-state index in [1.807, 2.05) is 45.4 Å². The van der Waals surface area contributed by atoms with Crippen LogP contribution in [-0.2, 0) is 19.1 Å². The van der Waals surface area contributed by atoms with Crippen molar-refractivity contribution >= 4 is 17.7 Å². The number of aliphatic hydroxyl groups excluding tert-OH is 1. The van der Waals surface area contributed by atoms with Crippen molar-refractivity contribution in [1.82, 2.24) is 0 Å². The van der Waals surface area contributed by atoms with Gasteiger partial charge in [-0.3, -0.25) is 14.4 Å². The molecule has 0 saturated heterocycles. The number of ketones is 1. The van der Waals surface area contributed by atoms with E-state index < -0.39 is 18.2 Å². The fourth-order valence-electron chi connectivity index (χ4n) is 4.06. The molecule has 1 aliphatic rings. The molecule has 3 unspecified atom stereocenters. The molecule has 0 aliphatic heterocycles. The second-order valence-electron chi connectivity index (χ2n) is 10.1. The van der Waals surface area contributed by atoms with Gasteiger partial charge >= 0.3 is 11.9 Å². The van der Waals surface area contributed by atoms with Crippen molar-refractivity contribution in [3.8, 4) is 0 Å². The zero-order valence-corrected chi connectivity index (χ0v) is 21.4. The van der Waals surface area contributed by atoms with Gasteiger partial charge in [-0.25, -0.2) is 0 Å². The topological polar surface area (TPSA) is 101 Å². The Morgan fingerprint density at radius 3 is 2.47 bits per heavy atom. The van der Waals surface area contributed by atoms with E-state index in [1.54, 1.807) is 0 Å².